The summed E-state index contributed by atoms with van der Waals surface area (Å²) in [5.74, 6) is 0. The SMILES string of the molecule is [Br][Pd+].[c-]1cc2ccccc2[nH]1. The second kappa shape index (κ2) is 4.71. The zero-order valence-corrected chi connectivity index (χ0v) is 8.72. The van der Waals surface area contributed by atoms with Crippen LogP contribution in [0, 0.1) is 6.20 Å². The minimum absolute atomic E-state index is 1.15. The van der Waals surface area contributed by atoms with E-state index in [0.717, 1.165) is 5.52 Å². The molecule has 2 aromatic rings. The molecule has 1 N–H and O–H groups in total. The van der Waals surface area contributed by atoms with Gasteiger partial charge in [0.15, 0.2) is 0 Å². The molecule has 1 heterocycles. The third-order valence-electron chi connectivity index (χ3n) is 1.40. The van der Waals surface area contributed by atoms with Crippen molar-refractivity contribution in [3.05, 3.63) is 36.5 Å². The fourth-order valence-corrected chi connectivity index (χ4v) is 0.928. The molecule has 3 heteroatoms. The number of rotatable bonds is 0. The van der Waals surface area contributed by atoms with Gasteiger partial charge in [0.2, 0.25) is 0 Å². The summed E-state index contributed by atoms with van der Waals surface area (Å²) in [6, 6.07) is 10.1. The molecule has 11 heavy (non-hydrogen) atoms. The molecule has 1 aromatic carbocycles. The summed E-state index contributed by atoms with van der Waals surface area (Å²) in [5.41, 5.74) is 1.15. The van der Waals surface area contributed by atoms with Gasteiger partial charge in [0.1, 0.15) is 0 Å². The van der Waals surface area contributed by atoms with Crippen molar-refractivity contribution in [2.75, 3.05) is 0 Å². The zero-order chi connectivity index (χ0) is 8.10. The molecule has 0 atom stereocenters. The first kappa shape index (κ1) is 8.99. The molecule has 0 saturated heterocycles. The maximum Gasteiger partial charge on any atom is -0.0745 e. The number of benzene rings is 1. The summed E-state index contributed by atoms with van der Waals surface area (Å²) in [4.78, 5) is 2.99. The Morgan fingerprint density at radius 2 is 2.00 bits per heavy atom. The van der Waals surface area contributed by atoms with E-state index in [1.807, 2.05) is 24.3 Å². The summed E-state index contributed by atoms with van der Waals surface area (Å²) >= 11 is 5.35. The van der Waals surface area contributed by atoms with E-state index in [1.165, 1.54) is 5.39 Å². The van der Waals surface area contributed by atoms with E-state index in [0.29, 0.717) is 0 Å². The average Bonchev–Trinajstić information content (AvgIpc) is 2.55. The molecule has 0 aliphatic rings. The molecule has 0 amide bonds. The van der Waals surface area contributed by atoms with Gasteiger partial charge in [0.05, 0.1) is 0 Å². The Bertz CT molecular complexity index is 288. The second-order valence-corrected chi connectivity index (χ2v) is 2.00. The molecule has 0 radical (unpaired) electrons. The summed E-state index contributed by atoms with van der Waals surface area (Å²) in [6.07, 6.45) is 2.91. The number of fused-ring (bicyclic) bond motifs is 1. The van der Waals surface area contributed by atoms with Crippen molar-refractivity contribution in [1.29, 1.82) is 0 Å². The molecule has 0 fully saturated rings. The third kappa shape index (κ3) is 2.16. The van der Waals surface area contributed by atoms with Crippen molar-refractivity contribution in [2.24, 2.45) is 0 Å². The fraction of sp³-hybridized carbons (Fsp3) is 0. The van der Waals surface area contributed by atoms with E-state index in [1.54, 1.807) is 0 Å². The summed E-state index contributed by atoms with van der Waals surface area (Å²) in [5, 5.41) is 1.22. The van der Waals surface area contributed by atoms with E-state index >= 15 is 0 Å². The van der Waals surface area contributed by atoms with Crippen molar-refractivity contribution >= 4 is 24.3 Å². The second-order valence-electron chi connectivity index (χ2n) is 2.00. The molecule has 0 unspecified atom stereocenters. The van der Waals surface area contributed by atoms with Gasteiger partial charge in [-0.25, -0.2) is 0 Å². The van der Waals surface area contributed by atoms with Crippen molar-refractivity contribution < 1.29 is 17.2 Å². The monoisotopic (exact) mass is 301 g/mol. The van der Waals surface area contributed by atoms with Crippen LogP contribution in [0.25, 0.3) is 10.9 Å². The minimum atomic E-state index is 1.15. The van der Waals surface area contributed by atoms with Crippen LogP contribution in [-0.4, -0.2) is 4.98 Å². The third-order valence-corrected chi connectivity index (χ3v) is 1.40. The van der Waals surface area contributed by atoms with E-state index in [2.05, 4.69) is 47.9 Å². The summed E-state index contributed by atoms with van der Waals surface area (Å²) in [6.45, 7) is 0. The van der Waals surface area contributed by atoms with Crippen LogP contribution in [0.1, 0.15) is 0 Å². The van der Waals surface area contributed by atoms with Gasteiger partial charge in [-0.3, -0.25) is 0 Å². The number of para-hydroxylation sites is 1. The maximum atomic E-state index is 2.99. The largest absolute Gasteiger partial charge is 0.477 e. The molecular formula is C8H6BrNPd. The standard InChI is InChI=1S/C8H6N.BrH.Pd/c1-2-4-8-7(3-1)5-6-9-8;;/h1-5,9H;1H;/q-1;;+2/p-1. The Balaban J connectivity index is 0.000000281. The first-order valence-corrected chi connectivity index (χ1v) is 6.58. The number of hydrogen-bond acceptors (Lipinski definition) is 0. The molecule has 0 saturated carbocycles. The Kier molecular flexibility index (Phi) is 3.85. The van der Waals surface area contributed by atoms with Crippen LogP contribution in [0.3, 0.4) is 0 Å². The van der Waals surface area contributed by atoms with Gasteiger partial charge < -0.3 is 4.98 Å². The zero-order valence-electron chi connectivity index (χ0n) is 5.58. The first-order chi connectivity index (χ1) is 5.47. The van der Waals surface area contributed by atoms with Crippen LogP contribution in [0.4, 0.5) is 0 Å². The van der Waals surface area contributed by atoms with Gasteiger partial charge in [0, 0.05) is 0 Å². The van der Waals surface area contributed by atoms with Gasteiger partial charge in [-0.05, 0) is 0 Å². The average molecular weight is 302 g/mol. The Labute approximate surface area is 82.8 Å². The fourth-order valence-electron chi connectivity index (χ4n) is 0.928. The Morgan fingerprint density at radius 1 is 1.27 bits per heavy atom. The van der Waals surface area contributed by atoms with E-state index < -0.39 is 0 Å². The van der Waals surface area contributed by atoms with Crippen LogP contribution >= 0.6 is 13.4 Å². The van der Waals surface area contributed by atoms with Gasteiger partial charge in [0.25, 0.3) is 0 Å². The molecule has 0 bridgehead atoms. The molecule has 1 nitrogen and oxygen atoms in total. The van der Waals surface area contributed by atoms with Crippen molar-refractivity contribution in [3.8, 4) is 0 Å². The molecule has 0 spiro atoms. The topological polar surface area (TPSA) is 15.8 Å². The quantitative estimate of drug-likeness (QED) is 0.569. The van der Waals surface area contributed by atoms with Gasteiger partial charge in [-0.15, -0.1) is 23.8 Å². The summed E-state index contributed by atoms with van der Waals surface area (Å²) in [7, 11) is 0. The number of aromatic amines is 1. The van der Waals surface area contributed by atoms with Crippen molar-refractivity contribution in [1.82, 2.24) is 4.98 Å². The van der Waals surface area contributed by atoms with Crippen LogP contribution in [0.2, 0.25) is 0 Å². The van der Waals surface area contributed by atoms with Crippen LogP contribution in [-0.2, 0) is 17.2 Å². The normalized spacial score (nSPS) is 9.00. The van der Waals surface area contributed by atoms with Crippen molar-refractivity contribution in [2.45, 2.75) is 0 Å². The minimum Gasteiger partial charge on any atom is -0.477 e. The van der Waals surface area contributed by atoms with Crippen LogP contribution in [0.15, 0.2) is 30.3 Å². The molecular weight excluding hydrogens is 296 g/mol. The smallest absolute Gasteiger partial charge is 0.0745 e. The first-order valence-electron chi connectivity index (χ1n) is 3.02. The molecule has 0 aliphatic carbocycles. The van der Waals surface area contributed by atoms with E-state index in [-0.39, 0.29) is 0 Å². The Hall–Kier alpha value is -0.0977. The van der Waals surface area contributed by atoms with E-state index in [9.17, 15) is 0 Å². The number of aromatic nitrogens is 1. The molecule has 1 aromatic heterocycles. The predicted molar refractivity (Wildman–Crippen MR) is 46.1 cm³/mol. The van der Waals surface area contributed by atoms with E-state index in [4.69, 9.17) is 0 Å². The van der Waals surface area contributed by atoms with Crippen molar-refractivity contribution in [3.63, 3.8) is 0 Å². The number of halogens is 1. The predicted octanol–water partition coefficient (Wildman–Crippen LogP) is 2.81. The number of nitrogens with one attached hydrogen (secondary N) is 1. The number of hydrogen-bond donors (Lipinski definition) is 1. The van der Waals surface area contributed by atoms with Gasteiger partial charge in [-0.2, -0.15) is 11.5 Å². The molecule has 0 aliphatic heterocycles. The van der Waals surface area contributed by atoms with Crippen LogP contribution in [0.5, 0.6) is 0 Å². The number of H-pyrrole nitrogens is 1. The van der Waals surface area contributed by atoms with Gasteiger partial charge in [-0.1, -0.05) is 12.1 Å². The van der Waals surface area contributed by atoms with Gasteiger partial charge >= 0.3 is 30.6 Å². The Morgan fingerprint density at radius 3 is 2.73 bits per heavy atom. The molecule has 60 valence electrons. The summed E-state index contributed by atoms with van der Waals surface area (Å²) < 4.78 is 0. The maximum absolute atomic E-state index is 2.99. The molecule has 2 rings (SSSR count). The van der Waals surface area contributed by atoms with Crippen LogP contribution < -0.4 is 0 Å².